The van der Waals surface area contributed by atoms with Crippen molar-refractivity contribution in [1.82, 2.24) is 14.5 Å². The van der Waals surface area contributed by atoms with Crippen LogP contribution in [-0.2, 0) is 9.53 Å². The highest BCUT2D eigenvalue weighted by atomic mass is 16.5. The first-order valence-electron chi connectivity index (χ1n) is 6.85. The second kappa shape index (κ2) is 5.11. The predicted octanol–water partition coefficient (Wildman–Crippen LogP) is 1.92. The van der Waals surface area contributed by atoms with Gasteiger partial charge < -0.3 is 15.0 Å². The zero-order valence-electron chi connectivity index (χ0n) is 11.5. The lowest BCUT2D eigenvalue weighted by atomic mass is 9.86. The molecule has 0 amide bonds. The van der Waals surface area contributed by atoms with E-state index in [1.54, 1.807) is 6.20 Å². The molecule has 6 nitrogen and oxygen atoms in total. The van der Waals surface area contributed by atoms with Gasteiger partial charge in [0.1, 0.15) is 5.52 Å². The van der Waals surface area contributed by atoms with Gasteiger partial charge in [-0.15, -0.1) is 0 Å². The Morgan fingerprint density at radius 1 is 1.35 bits per heavy atom. The first-order chi connectivity index (χ1) is 9.70. The number of anilines is 1. The van der Waals surface area contributed by atoms with E-state index in [1.807, 2.05) is 12.4 Å². The van der Waals surface area contributed by atoms with Gasteiger partial charge in [-0.3, -0.25) is 4.79 Å². The summed E-state index contributed by atoms with van der Waals surface area (Å²) >= 11 is 0. The fourth-order valence-corrected chi connectivity index (χ4v) is 3.03. The number of rotatable bonds is 2. The van der Waals surface area contributed by atoms with Crippen molar-refractivity contribution in [2.75, 3.05) is 12.8 Å². The van der Waals surface area contributed by atoms with E-state index in [-0.39, 0.29) is 11.9 Å². The van der Waals surface area contributed by atoms with E-state index < -0.39 is 0 Å². The summed E-state index contributed by atoms with van der Waals surface area (Å²) < 4.78 is 6.97. The van der Waals surface area contributed by atoms with E-state index in [9.17, 15) is 4.79 Å². The number of ether oxygens (including phenoxy) is 1. The second-order valence-corrected chi connectivity index (χ2v) is 5.24. The quantitative estimate of drug-likeness (QED) is 0.846. The molecule has 1 aliphatic rings. The van der Waals surface area contributed by atoms with Gasteiger partial charge in [-0.2, -0.15) is 0 Å². The van der Waals surface area contributed by atoms with Crippen molar-refractivity contribution in [2.24, 2.45) is 5.92 Å². The van der Waals surface area contributed by atoms with Crippen LogP contribution in [0.3, 0.4) is 0 Å². The molecule has 0 spiro atoms. The number of nitrogens with two attached hydrogens (primary N) is 1. The van der Waals surface area contributed by atoms with Crippen molar-refractivity contribution < 1.29 is 9.53 Å². The van der Waals surface area contributed by atoms with Crippen molar-refractivity contribution in [3.8, 4) is 0 Å². The van der Waals surface area contributed by atoms with Crippen LogP contribution in [0.1, 0.15) is 31.7 Å². The van der Waals surface area contributed by atoms with E-state index in [2.05, 4.69) is 14.5 Å². The third-order valence-electron chi connectivity index (χ3n) is 4.15. The van der Waals surface area contributed by atoms with Crippen LogP contribution in [0.5, 0.6) is 0 Å². The number of hydrogen-bond donors (Lipinski definition) is 1. The molecule has 0 radical (unpaired) electrons. The van der Waals surface area contributed by atoms with E-state index >= 15 is 0 Å². The summed E-state index contributed by atoms with van der Waals surface area (Å²) in [6.07, 6.45) is 7.15. The number of nitrogen functional groups attached to an aromatic ring is 1. The number of carbonyl (C=O) groups excluding carboxylic acids is 1. The molecule has 0 aromatic carbocycles. The summed E-state index contributed by atoms with van der Waals surface area (Å²) in [4.78, 5) is 20.0. The number of pyridine rings is 1. The maximum atomic E-state index is 11.6. The molecule has 2 N–H and O–H groups in total. The van der Waals surface area contributed by atoms with Crippen LogP contribution in [0.15, 0.2) is 18.6 Å². The maximum Gasteiger partial charge on any atom is 0.308 e. The van der Waals surface area contributed by atoms with Crippen LogP contribution in [-0.4, -0.2) is 27.6 Å². The van der Waals surface area contributed by atoms with Crippen molar-refractivity contribution in [2.45, 2.75) is 31.7 Å². The number of imidazole rings is 1. The van der Waals surface area contributed by atoms with Gasteiger partial charge in [0, 0.05) is 12.2 Å². The molecule has 3 rings (SSSR count). The highest BCUT2D eigenvalue weighted by Crippen LogP contribution is 2.34. The van der Waals surface area contributed by atoms with Gasteiger partial charge in [0.2, 0.25) is 0 Å². The molecule has 0 aliphatic heterocycles. The fourth-order valence-electron chi connectivity index (χ4n) is 3.03. The summed E-state index contributed by atoms with van der Waals surface area (Å²) in [6.45, 7) is 0. The van der Waals surface area contributed by atoms with E-state index in [0.717, 1.165) is 36.7 Å². The average molecular weight is 274 g/mol. The predicted molar refractivity (Wildman–Crippen MR) is 75.0 cm³/mol. The molecular weight excluding hydrogens is 256 g/mol. The summed E-state index contributed by atoms with van der Waals surface area (Å²) in [5.41, 5.74) is 7.60. The van der Waals surface area contributed by atoms with E-state index in [4.69, 9.17) is 10.5 Å². The molecule has 0 unspecified atom stereocenters. The van der Waals surface area contributed by atoms with Crippen LogP contribution in [0.4, 0.5) is 5.82 Å². The Morgan fingerprint density at radius 3 is 2.80 bits per heavy atom. The van der Waals surface area contributed by atoms with Gasteiger partial charge in [0.05, 0.1) is 24.9 Å². The summed E-state index contributed by atoms with van der Waals surface area (Å²) in [5, 5.41) is 0. The molecule has 106 valence electrons. The zero-order valence-corrected chi connectivity index (χ0v) is 11.5. The highest BCUT2D eigenvalue weighted by molar-refractivity contribution is 5.84. The molecule has 1 aliphatic carbocycles. The molecule has 2 heterocycles. The van der Waals surface area contributed by atoms with Crippen LogP contribution in [0, 0.1) is 5.92 Å². The Labute approximate surface area is 117 Å². The summed E-state index contributed by atoms with van der Waals surface area (Å²) in [5.74, 6) is 0.412. The Hall–Kier alpha value is -2.11. The smallest absolute Gasteiger partial charge is 0.308 e. The van der Waals surface area contributed by atoms with Gasteiger partial charge in [-0.1, -0.05) is 0 Å². The van der Waals surface area contributed by atoms with Gasteiger partial charge in [-0.05, 0) is 31.7 Å². The lowest BCUT2D eigenvalue weighted by molar-refractivity contribution is -0.146. The first kappa shape index (κ1) is 12.9. The van der Waals surface area contributed by atoms with Crippen LogP contribution in [0.25, 0.3) is 11.0 Å². The molecule has 0 bridgehead atoms. The number of fused-ring (bicyclic) bond motifs is 1. The number of methoxy groups -OCH3 is 1. The normalized spacial score (nSPS) is 22.9. The molecular formula is C14H18N4O2. The van der Waals surface area contributed by atoms with Crippen molar-refractivity contribution in [3.05, 3.63) is 18.6 Å². The number of carbonyl (C=O) groups is 1. The lowest BCUT2D eigenvalue weighted by Crippen LogP contribution is -2.24. The highest BCUT2D eigenvalue weighted by Gasteiger charge is 2.28. The molecule has 2 aromatic heterocycles. The minimum Gasteiger partial charge on any atom is -0.469 e. The summed E-state index contributed by atoms with van der Waals surface area (Å²) in [7, 11) is 1.45. The molecule has 6 heteroatoms. The molecule has 2 aromatic rings. The fraction of sp³-hybridized carbons (Fsp3) is 0.500. The maximum absolute atomic E-state index is 11.6. The Kier molecular flexibility index (Phi) is 3.30. The molecule has 0 atom stereocenters. The average Bonchev–Trinajstić information content (AvgIpc) is 2.92. The van der Waals surface area contributed by atoms with Crippen LogP contribution < -0.4 is 5.73 Å². The SMILES string of the molecule is COC(=O)[C@H]1CC[C@@H](n2cnc3c(N)nccc32)CC1. The zero-order chi connectivity index (χ0) is 14.1. The number of esters is 1. The number of nitrogens with zero attached hydrogens (tertiary/aromatic N) is 3. The largest absolute Gasteiger partial charge is 0.469 e. The third-order valence-corrected chi connectivity index (χ3v) is 4.15. The van der Waals surface area contributed by atoms with Gasteiger partial charge in [0.15, 0.2) is 5.82 Å². The van der Waals surface area contributed by atoms with Gasteiger partial charge >= 0.3 is 5.97 Å². The Morgan fingerprint density at radius 2 is 2.10 bits per heavy atom. The van der Waals surface area contributed by atoms with Crippen molar-refractivity contribution >= 4 is 22.8 Å². The van der Waals surface area contributed by atoms with Crippen LogP contribution >= 0.6 is 0 Å². The van der Waals surface area contributed by atoms with E-state index in [1.165, 1.54) is 7.11 Å². The van der Waals surface area contributed by atoms with Crippen molar-refractivity contribution in [1.29, 1.82) is 0 Å². The van der Waals surface area contributed by atoms with E-state index in [0.29, 0.717) is 11.9 Å². The minimum absolute atomic E-state index is 0.0396. The van der Waals surface area contributed by atoms with Crippen molar-refractivity contribution in [3.63, 3.8) is 0 Å². The first-order valence-corrected chi connectivity index (χ1v) is 6.85. The van der Waals surface area contributed by atoms with Gasteiger partial charge in [0.25, 0.3) is 0 Å². The Balaban J connectivity index is 1.80. The molecule has 20 heavy (non-hydrogen) atoms. The van der Waals surface area contributed by atoms with Gasteiger partial charge in [-0.25, -0.2) is 9.97 Å². The van der Waals surface area contributed by atoms with Crippen LogP contribution in [0.2, 0.25) is 0 Å². The molecule has 0 saturated heterocycles. The lowest BCUT2D eigenvalue weighted by Gasteiger charge is -2.28. The summed E-state index contributed by atoms with van der Waals surface area (Å²) in [6, 6.07) is 2.30. The number of aromatic nitrogens is 3. The molecule has 1 fully saturated rings. The molecule has 1 saturated carbocycles. The number of hydrogen-bond acceptors (Lipinski definition) is 5. The monoisotopic (exact) mass is 274 g/mol. The second-order valence-electron chi connectivity index (χ2n) is 5.24. The topological polar surface area (TPSA) is 83.0 Å². The standard InChI is InChI=1S/C14H18N4O2/c1-20-14(19)9-2-4-10(5-3-9)18-8-17-12-11(18)6-7-16-13(12)15/h6-10H,2-5H2,1H3,(H2,15,16)/t9-,10+. The minimum atomic E-state index is -0.0904. The third kappa shape index (κ3) is 2.11. The Bertz CT molecular complexity index is 629.